The first-order chi connectivity index (χ1) is 8.95. The Hall–Kier alpha value is -1.62. The van der Waals surface area contributed by atoms with Gasteiger partial charge in [-0.3, -0.25) is 9.59 Å². The number of nitrogens with one attached hydrogen (secondary N) is 1. The number of carbonyl (C=O) groups excluding carboxylic acids is 1. The Kier molecular flexibility index (Phi) is 5.76. The van der Waals surface area contributed by atoms with Crippen molar-refractivity contribution >= 4 is 23.5 Å². The number of hydrogen-bond donors (Lipinski definition) is 2. The van der Waals surface area contributed by atoms with Gasteiger partial charge in [-0.25, -0.2) is 4.39 Å². The number of carboxylic acid groups (broad SMARTS) is 1. The minimum Gasteiger partial charge on any atom is -0.481 e. The molecule has 0 fully saturated rings. The van der Waals surface area contributed by atoms with Gasteiger partial charge < -0.3 is 10.4 Å². The van der Waals surface area contributed by atoms with E-state index in [0.717, 1.165) is 0 Å². The standard InChI is InChI=1S/C13H15ClFNO3/c1-2-8(13(18)19)7-16-12(17)6-9-10(14)4-3-5-11(9)15/h3-5,8H,2,6-7H2,1H3,(H,16,17)(H,18,19). The average molecular weight is 288 g/mol. The summed E-state index contributed by atoms with van der Waals surface area (Å²) >= 11 is 5.80. The van der Waals surface area contributed by atoms with Crippen molar-refractivity contribution in [1.29, 1.82) is 0 Å². The van der Waals surface area contributed by atoms with Gasteiger partial charge in [0.25, 0.3) is 0 Å². The summed E-state index contributed by atoms with van der Waals surface area (Å²) in [6.45, 7) is 1.75. The van der Waals surface area contributed by atoms with Crippen LogP contribution >= 0.6 is 11.6 Å². The fourth-order valence-electron chi connectivity index (χ4n) is 1.57. The highest BCUT2D eigenvalue weighted by Gasteiger charge is 2.17. The molecule has 2 N–H and O–H groups in total. The number of halogens is 2. The molecule has 1 atom stereocenters. The Morgan fingerprint density at radius 3 is 2.68 bits per heavy atom. The Bertz CT molecular complexity index is 459. The zero-order chi connectivity index (χ0) is 14.4. The molecule has 0 aliphatic rings. The van der Waals surface area contributed by atoms with Crippen molar-refractivity contribution in [2.75, 3.05) is 6.54 Å². The van der Waals surface area contributed by atoms with E-state index in [1.54, 1.807) is 6.92 Å². The molecule has 0 heterocycles. The molecule has 104 valence electrons. The van der Waals surface area contributed by atoms with E-state index < -0.39 is 23.6 Å². The predicted molar refractivity (Wildman–Crippen MR) is 69.5 cm³/mol. The Labute approximate surface area is 115 Å². The molecule has 1 aromatic rings. The molecule has 1 unspecified atom stereocenters. The van der Waals surface area contributed by atoms with Gasteiger partial charge in [-0.15, -0.1) is 0 Å². The zero-order valence-corrected chi connectivity index (χ0v) is 11.2. The van der Waals surface area contributed by atoms with Crippen molar-refractivity contribution in [1.82, 2.24) is 5.32 Å². The Balaban J connectivity index is 2.59. The number of carbonyl (C=O) groups is 2. The van der Waals surface area contributed by atoms with Crippen LogP contribution in [0.4, 0.5) is 4.39 Å². The molecule has 0 radical (unpaired) electrons. The van der Waals surface area contributed by atoms with Gasteiger partial charge in [-0.1, -0.05) is 24.6 Å². The van der Waals surface area contributed by atoms with Crippen LogP contribution in [0.1, 0.15) is 18.9 Å². The summed E-state index contributed by atoms with van der Waals surface area (Å²) in [5.41, 5.74) is 0.116. The maximum absolute atomic E-state index is 13.4. The van der Waals surface area contributed by atoms with Gasteiger partial charge in [0, 0.05) is 17.1 Å². The van der Waals surface area contributed by atoms with E-state index in [0.29, 0.717) is 6.42 Å². The molecule has 1 aromatic carbocycles. The van der Waals surface area contributed by atoms with Crippen LogP contribution in [0.2, 0.25) is 5.02 Å². The van der Waals surface area contributed by atoms with Crippen molar-refractivity contribution < 1.29 is 19.1 Å². The van der Waals surface area contributed by atoms with E-state index in [1.165, 1.54) is 18.2 Å². The fourth-order valence-corrected chi connectivity index (χ4v) is 1.80. The van der Waals surface area contributed by atoms with Gasteiger partial charge in [0.1, 0.15) is 5.82 Å². The second-order valence-corrected chi connectivity index (χ2v) is 4.53. The molecule has 0 bridgehead atoms. The molecule has 1 amide bonds. The second-order valence-electron chi connectivity index (χ2n) is 4.12. The summed E-state index contributed by atoms with van der Waals surface area (Å²) < 4.78 is 13.4. The summed E-state index contributed by atoms with van der Waals surface area (Å²) in [5, 5.41) is 11.5. The number of carboxylic acids is 1. The summed E-state index contributed by atoms with van der Waals surface area (Å²) in [7, 11) is 0. The molecule has 0 saturated carbocycles. The first kappa shape index (κ1) is 15.4. The highest BCUT2D eigenvalue weighted by atomic mass is 35.5. The van der Waals surface area contributed by atoms with Gasteiger partial charge in [0.2, 0.25) is 5.91 Å². The van der Waals surface area contributed by atoms with Crippen LogP contribution in [0, 0.1) is 11.7 Å². The van der Waals surface area contributed by atoms with Gasteiger partial charge in [-0.05, 0) is 18.6 Å². The number of hydrogen-bond acceptors (Lipinski definition) is 2. The van der Waals surface area contributed by atoms with E-state index in [4.69, 9.17) is 16.7 Å². The van der Waals surface area contributed by atoms with Crippen LogP contribution in [0.5, 0.6) is 0 Å². The molecule has 0 aliphatic carbocycles. The fraction of sp³-hybridized carbons (Fsp3) is 0.385. The molecule has 0 saturated heterocycles. The summed E-state index contributed by atoms with van der Waals surface area (Å²) in [5.74, 6) is -2.61. The van der Waals surface area contributed by atoms with Crippen LogP contribution in [0.3, 0.4) is 0 Å². The topological polar surface area (TPSA) is 66.4 Å². The monoisotopic (exact) mass is 287 g/mol. The maximum atomic E-state index is 13.4. The van der Waals surface area contributed by atoms with Gasteiger partial charge in [0.15, 0.2) is 0 Å². The molecule has 4 nitrogen and oxygen atoms in total. The first-order valence-corrected chi connectivity index (χ1v) is 6.25. The molecule has 0 aliphatic heterocycles. The maximum Gasteiger partial charge on any atom is 0.308 e. The van der Waals surface area contributed by atoms with Crippen molar-refractivity contribution in [3.05, 3.63) is 34.6 Å². The van der Waals surface area contributed by atoms with Gasteiger partial charge in [0.05, 0.1) is 12.3 Å². The van der Waals surface area contributed by atoms with Crippen molar-refractivity contribution in [2.24, 2.45) is 5.92 Å². The SMILES string of the molecule is CCC(CNC(=O)Cc1c(F)cccc1Cl)C(=O)O. The third-order valence-electron chi connectivity index (χ3n) is 2.79. The molecular formula is C13H15ClFNO3. The summed E-state index contributed by atoms with van der Waals surface area (Å²) in [4.78, 5) is 22.4. The van der Waals surface area contributed by atoms with E-state index in [9.17, 15) is 14.0 Å². The number of amides is 1. The molecule has 19 heavy (non-hydrogen) atoms. The van der Waals surface area contributed by atoms with Crippen LogP contribution in [-0.2, 0) is 16.0 Å². The lowest BCUT2D eigenvalue weighted by molar-refractivity contribution is -0.141. The van der Waals surface area contributed by atoms with Gasteiger partial charge in [-0.2, -0.15) is 0 Å². The van der Waals surface area contributed by atoms with Crippen LogP contribution < -0.4 is 5.32 Å². The minimum atomic E-state index is -0.966. The number of benzene rings is 1. The minimum absolute atomic E-state index is 0.0245. The highest BCUT2D eigenvalue weighted by Crippen LogP contribution is 2.19. The second kappa shape index (κ2) is 7.09. The first-order valence-electron chi connectivity index (χ1n) is 5.88. The lowest BCUT2D eigenvalue weighted by Gasteiger charge is -2.11. The third kappa shape index (κ3) is 4.52. The predicted octanol–water partition coefficient (Wildman–Crippen LogP) is 2.25. The summed E-state index contributed by atoms with van der Waals surface area (Å²) in [6.07, 6.45) is 0.206. The van der Waals surface area contributed by atoms with Crippen LogP contribution in [-0.4, -0.2) is 23.5 Å². The van der Waals surface area contributed by atoms with Crippen LogP contribution in [0.25, 0.3) is 0 Å². The molecule has 0 aromatic heterocycles. The van der Waals surface area contributed by atoms with Crippen molar-refractivity contribution in [3.8, 4) is 0 Å². The van der Waals surface area contributed by atoms with Crippen molar-refractivity contribution in [3.63, 3.8) is 0 Å². The average Bonchev–Trinajstić information content (AvgIpc) is 2.34. The van der Waals surface area contributed by atoms with E-state index >= 15 is 0 Å². The Morgan fingerprint density at radius 2 is 2.16 bits per heavy atom. The van der Waals surface area contributed by atoms with Crippen LogP contribution in [0.15, 0.2) is 18.2 Å². The molecule has 1 rings (SSSR count). The molecular weight excluding hydrogens is 273 g/mol. The number of rotatable bonds is 6. The van der Waals surface area contributed by atoms with E-state index in [2.05, 4.69) is 5.32 Å². The quantitative estimate of drug-likeness (QED) is 0.843. The smallest absolute Gasteiger partial charge is 0.308 e. The molecule has 0 spiro atoms. The normalized spacial score (nSPS) is 11.9. The van der Waals surface area contributed by atoms with Gasteiger partial charge >= 0.3 is 5.97 Å². The van der Waals surface area contributed by atoms with E-state index in [-0.39, 0.29) is 23.6 Å². The summed E-state index contributed by atoms with van der Waals surface area (Å²) in [6, 6.07) is 4.18. The zero-order valence-electron chi connectivity index (χ0n) is 10.5. The largest absolute Gasteiger partial charge is 0.481 e. The highest BCUT2D eigenvalue weighted by molar-refractivity contribution is 6.31. The lowest BCUT2D eigenvalue weighted by Crippen LogP contribution is -2.33. The lowest BCUT2D eigenvalue weighted by atomic mass is 10.1. The molecule has 6 heteroatoms. The van der Waals surface area contributed by atoms with Crippen molar-refractivity contribution in [2.45, 2.75) is 19.8 Å². The van der Waals surface area contributed by atoms with E-state index in [1.807, 2.05) is 0 Å². The number of aliphatic carboxylic acids is 1. The Morgan fingerprint density at radius 1 is 1.47 bits per heavy atom. The third-order valence-corrected chi connectivity index (χ3v) is 3.14.